The van der Waals surface area contributed by atoms with Gasteiger partial charge >= 0.3 is 5.97 Å². The third-order valence-corrected chi connectivity index (χ3v) is 6.17. The summed E-state index contributed by atoms with van der Waals surface area (Å²) in [6, 6.07) is 0. The average Bonchev–Trinajstić information content (AvgIpc) is 2.92. The summed E-state index contributed by atoms with van der Waals surface area (Å²) in [6.07, 6.45) is 6.81. The summed E-state index contributed by atoms with van der Waals surface area (Å²) in [5.74, 6) is 0.366. The van der Waals surface area contributed by atoms with E-state index in [4.69, 9.17) is 4.74 Å². The topological polar surface area (TPSA) is 55.4 Å². The van der Waals surface area contributed by atoms with Gasteiger partial charge in [-0.05, 0) is 50.5 Å². The highest BCUT2D eigenvalue weighted by Gasteiger charge is 2.30. The Hall–Kier alpha value is -1.36. The van der Waals surface area contributed by atoms with E-state index in [0.717, 1.165) is 50.5 Å². The summed E-state index contributed by atoms with van der Waals surface area (Å²) in [4.78, 5) is 26.4. The van der Waals surface area contributed by atoms with Crippen LogP contribution in [0.4, 0.5) is 5.00 Å². The van der Waals surface area contributed by atoms with Crippen molar-refractivity contribution in [2.24, 2.45) is 11.8 Å². The molecule has 0 saturated carbocycles. The number of fused-ring (bicyclic) bond motifs is 1. The summed E-state index contributed by atoms with van der Waals surface area (Å²) >= 11 is 1.57. The number of ether oxygens (including phenoxy) is 1. The van der Waals surface area contributed by atoms with Crippen LogP contribution < -0.4 is 5.32 Å². The van der Waals surface area contributed by atoms with Crippen molar-refractivity contribution in [3.8, 4) is 0 Å². The number of anilines is 1. The molecular weight excluding hydrogens is 334 g/mol. The van der Waals surface area contributed by atoms with Crippen molar-refractivity contribution in [1.82, 2.24) is 0 Å². The van der Waals surface area contributed by atoms with Crippen LogP contribution in [0.3, 0.4) is 0 Å². The van der Waals surface area contributed by atoms with Gasteiger partial charge in [0.15, 0.2) is 0 Å². The lowest BCUT2D eigenvalue weighted by Crippen LogP contribution is -2.23. The Morgan fingerprint density at radius 2 is 2.08 bits per heavy atom. The van der Waals surface area contributed by atoms with E-state index >= 15 is 0 Å². The second-order valence-corrected chi connectivity index (χ2v) is 8.12. The predicted molar refractivity (Wildman–Crippen MR) is 103 cm³/mol. The highest BCUT2D eigenvalue weighted by molar-refractivity contribution is 7.17. The minimum absolute atomic E-state index is 0.00745. The standard InChI is InChI=1S/C20H31NO3S/c1-5-8-9-14(6-2)18(22)21-19-17(20(23)24-7-3)15-11-10-13(4)12-16(15)25-19/h13-14H,5-12H2,1-4H3,(H,21,22)/t13-,14+/m1/s1. The van der Waals surface area contributed by atoms with Gasteiger partial charge in [0.2, 0.25) is 5.91 Å². The fourth-order valence-corrected chi connectivity index (χ4v) is 4.84. The number of rotatable bonds is 8. The molecule has 4 nitrogen and oxygen atoms in total. The number of unbranched alkanes of at least 4 members (excludes halogenated alkanes) is 1. The van der Waals surface area contributed by atoms with Gasteiger partial charge in [0, 0.05) is 10.8 Å². The maximum absolute atomic E-state index is 12.7. The monoisotopic (exact) mass is 365 g/mol. The molecule has 1 N–H and O–H groups in total. The molecule has 0 unspecified atom stereocenters. The van der Waals surface area contributed by atoms with Crippen LogP contribution in [0.15, 0.2) is 0 Å². The lowest BCUT2D eigenvalue weighted by Gasteiger charge is -2.18. The van der Waals surface area contributed by atoms with E-state index in [0.29, 0.717) is 23.1 Å². The molecule has 0 bridgehead atoms. The van der Waals surface area contributed by atoms with Gasteiger partial charge in [-0.3, -0.25) is 4.79 Å². The van der Waals surface area contributed by atoms with E-state index in [-0.39, 0.29) is 17.8 Å². The van der Waals surface area contributed by atoms with Gasteiger partial charge in [-0.15, -0.1) is 11.3 Å². The zero-order chi connectivity index (χ0) is 18.4. The fourth-order valence-electron chi connectivity index (χ4n) is 3.44. The number of carbonyl (C=O) groups is 2. The Balaban J connectivity index is 2.26. The molecule has 0 spiro atoms. The van der Waals surface area contributed by atoms with Crippen molar-refractivity contribution in [3.05, 3.63) is 16.0 Å². The SMILES string of the molecule is CCCC[C@H](CC)C(=O)Nc1sc2c(c1C(=O)OCC)CC[C@@H](C)C2. The van der Waals surface area contributed by atoms with Gasteiger partial charge in [-0.2, -0.15) is 0 Å². The van der Waals surface area contributed by atoms with E-state index < -0.39 is 0 Å². The van der Waals surface area contributed by atoms with Gasteiger partial charge in [-0.25, -0.2) is 4.79 Å². The van der Waals surface area contributed by atoms with Gasteiger partial charge in [0.05, 0.1) is 12.2 Å². The summed E-state index contributed by atoms with van der Waals surface area (Å²) in [5, 5.41) is 3.75. The minimum Gasteiger partial charge on any atom is -0.462 e. The Labute approximate surface area is 155 Å². The van der Waals surface area contributed by atoms with Crippen molar-refractivity contribution in [2.45, 2.75) is 72.6 Å². The summed E-state index contributed by atoms with van der Waals surface area (Å²) in [6.45, 7) is 8.59. The lowest BCUT2D eigenvalue weighted by atomic mass is 9.88. The number of carbonyl (C=O) groups excluding carboxylic acids is 2. The van der Waals surface area contributed by atoms with E-state index in [2.05, 4.69) is 19.2 Å². The molecule has 0 aromatic carbocycles. The number of hydrogen-bond acceptors (Lipinski definition) is 4. The van der Waals surface area contributed by atoms with E-state index in [1.807, 2.05) is 13.8 Å². The number of hydrogen-bond donors (Lipinski definition) is 1. The lowest BCUT2D eigenvalue weighted by molar-refractivity contribution is -0.120. The molecule has 2 atom stereocenters. The summed E-state index contributed by atoms with van der Waals surface area (Å²) in [5.41, 5.74) is 1.70. The molecule has 0 saturated heterocycles. The van der Waals surface area contributed by atoms with E-state index in [1.165, 1.54) is 4.88 Å². The largest absolute Gasteiger partial charge is 0.462 e. The summed E-state index contributed by atoms with van der Waals surface area (Å²) < 4.78 is 5.27. The molecule has 25 heavy (non-hydrogen) atoms. The second kappa shape index (κ2) is 9.37. The van der Waals surface area contributed by atoms with Crippen LogP contribution in [-0.2, 0) is 22.4 Å². The first kappa shape index (κ1) is 20.0. The molecule has 5 heteroatoms. The third kappa shape index (κ3) is 4.84. The molecule has 140 valence electrons. The molecule has 0 radical (unpaired) electrons. The van der Waals surface area contributed by atoms with Crippen molar-refractivity contribution >= 4 is 28.2 Å². The second-order valence-electron chi connectivity index (χ2n) is 7.01. The fraction of sp³-hybridized carbons (Fsp3) is 0.700. The molecule has 0 aliphatic heterocycles. The van der Waals surface area contributed by atoms with E-state index in [9.17, 15) is 9.59 Å². The zero-order valence-electron chi connectivity index (χ0n) is 15.9. The zero-order valence-corrected chi connectivity index (χ0v) is 16.8. The van der Waals surface area contributed by atoms with E-state index in [1.54, 1.807) is 11.3 Å². The normalized spacial score (nSPS) is 17.7. The first-order valence-corrected chi connectivity index (χ1v) is 10.5. The maximum Gasteiger partial charge on any atom is 0.341 e. The smallest absolute Gasteiger partial charge is 0.341 e. The van der Waals surface area contributed by atoms with Crippen LogP contribution in [0.25, 0.3) is 0 Å². The van der Waals surface area contributed by atoms with Gasteiger partial charge in [-0.1, -0.05) is 33.6 Å². The van der Waals surface area contributed by atoms with Crippen LogP contribution in [0.2, 0.25) is 0 Å². The Morgan fingerprint density at radius 1 is 1.32 bits per heavy atom. The molecule has 2 rings (SSSR count). The van der Waals surface area contributed by atoms with Crippen LogP contribution in [0.1, 0.15) is 80.6 Å². The quantitative estimate of drug-likeness (QED) is 0.644. The third-order valence-electron chi connectivity index (χ3n) is 5.00. The molecule has 1 aliphatic carbocycles. The highest BCUT2D eigenvalue weighted by Crippen LogP contribution is 2.40. The summed E-state index contributed by atoms with van der Waals surface area (Å²) in [7, 11) is 0. The molecule has 1 aromatic rings. The number of nitrogens with one attached hydrogen (secondary N) is 1. The van der Waals surface area contributed by atoms with Gasteiger partial charge in [0.25, 0.3) is 0 Å². The molecule has 1 aromatic heterocycles. The van der Waals surface area contributed by atoms with Crippen molar-refractivity contribution in [1.29, 1.82) is 0 Å². The number of esters is 1. The Bertz CT molecular complexity index is 608. The Kier molecular flexibility index (Phi) is 7.48. The average molecular weight is 366 g/mol. The molecule has 1 heterocycles. The van der Waals surface area contributed by atoms with Crippen LogP contribution in [0.5, 0.6) is 0 Å². The number of amides is 1. The maximum atomic E-state index is 12.7. The van der Waals surface area contributed by atoms with Crippen molar-refractivity contribution in [3.63, 3.8) is 0 Å². The molecule has 1 aliphatic rings. The van der Waals surface area contributed by atoms with Crippen LogP contribution in [-0.4, -0.2) is 18.5 Å². The number of thiophene rings is 1. The van der Waals surface area contributed by atoms with Gasteiger partial charge in [0.1, 0.15) is 5.00 Å². The Morgan fingerprint density at radius 3 is 2.72 bits per heavy atom. The molecule has 0 fully saturated rings. The minimum atomic E-state index is -0.300. The van der Waals surface area contributed by atoms with Gasteiger partial charge < -0.3 is 10.1 Å². The predicted octanol–water partition coefficient (Wildman–Crippen LogP) is 5.20. The van der Waals surface area contributed by atoms with Crippen LogP contribution in [0, 0.1) is 11.8 Å². The molecular formula is C20H31NO3S. The molecule has 1 amide bonds. The van der Waals surface area contributed by atoms with Crippen LogP contribution >= 0.6 is 11.3 Å². The van der Waals surface area contributed by atoms with Crippen molar-refractivity contribution < 1.29 is 14.3 Å². The van der Waals surface area contributed by atoms with Crippen molar-refractivity contribution in [2.75, 3.05) is 11.9 Å². The first-order valence-electron chi connectivity index (χ1n) is 9.64. The first-order chi connectivity index (χ1) is 12.0. The highest BCUT2D eigenvalue weighted by atomic mass is 32.1.